The maximum Gasteiger partial charge on any atom is 0.311 e. The van der Waals surface area contributed by atoms with E-state index in [1.807, 2.05) is 4.90 Å². The molecule has 1 atom stereocenters. The zero-order valence-electron chi connectivity index (χ0n) is 12.4. The van der Waals surface area contributed by atoms with E-state index in [0.29, 0.717) is 19.5 Å². The highest BCUT2D eigenvalue weighted by Crippen LogP contribution is 2.33. The van der Waals surface area contributed by atoms with Crippen molar-refractivity contribution >= 4 is 21.7 Å². The molecule has 116 valence electrons. The molecule has 0 bridgehead atoms. The van der Waals surface area contributed by atoms with Crippen molar-refractivity contribution in [3.05, 3.63) is 24.3 Å². The Hall–Kier alpha value is -1.60. The van der Waals surface area contributed by atoms with E-state index >= 15 is 0 Å². The van der Waals surface area contributed by atoms with Crippen LogP contribution >= 0.6 is 0 Å². The average molecular weight is 312 g/mol. The van der Waals surface area contributed by atoms with Gasteiger partial charge in [0, 0.05) is 32.9 Å². The highest BCUT2D eigenvalue weighted by atomic mass is 32.2. The molecule has 0 saturated carbocycles. The van der Waals surface area contributed by atoms with E-state index in [1.165, 1.54) is 18.4 Å². The molecular formula is C14H20N2O4S. The van der Waals surface area contributed by atoms with Crippen molar-refractivity contribution in [2.24, 2.45) is 5.41 Å². The van der Waals surface area contributed by atoms with E-state index in [-0.39, 0.29) is 4.90 Å². The summed E-state index contributed by atoms with van der Waals surface area (Å²) in [5.74, 6) is -0.795. The molecule has 6 nitrogen and oxygen atoms in total. The third-order valence-electron chi connectivity index (χ3n) is 3.97. The molecule has 0 aromatic heterocycles. The minimum absolute atomic E-state index is 0.233. The Kier molecular flexibility index (Phi) is 3.99. The third kappa shape index (κ3) is 2.89. The predicted molar refractivity (Wildman–Crippen MR) is 79.9 cm³/mol. The summed E-state index contributed by atoms with van der Waals surface area (Å²) in [4.78, 5) is 13.5. The Morgan fingerprint density at radius 1 is 1.29 bits per heavy atom. The number of anilines is 1. The Morgan fingerprint density at radius 2 is 1.86 bits per heavy atom. The molecule has 1 aliphatic heterocycles. The lowest BCUT2D eigenvalue weighted by molar-refractivity contribution is -0.146. The molecule has 1 aliphatic rings. The summed E-state index contributed by atoms with van der Waals surface area (Å²) >= 11 is 0. The normalized spacial score (nSPS) is 22.8. The van der Waals surface area contributed by atoms with Gasteiger partial charge in [0.05, 0.1) is 10.3 Å². The van der Waals surface area contributed by atoms with E-state index in [2.05, 4.69) is 0 Å². The van der Waals surface area contributed by atoms with Gasteiger partial charge in [-0.05, 0) is 37.6 Å². The van der Waals surface area contributed by atoms with Crippen LogP contribution in [-0.4, -0.2) is 51.0 Å². The van der Waals surface area contributed by atoms with E-state index in [4.69, 9.17) is 0 Å². The van der Waals surface area contributed by atoms with Crippen LogP contribution in [0.15, 0.2) is 29.2 Å². The maximum atomic E-state index is 12.0. The molecule has 1 aromatic carbocycles. The zero-order chi connectivity index (χ0) is 15.8. The lowest BCUT2D eigenvalue weighted by atomic mass is 9.90. The standard InChI is InChI=1S/C14H20N2O4S/c1-14(13(17)18)8-9-16(10-14)11-4-6-12(7-5-11)21(19,20)15(2)3/h4-7H,8-10H2,1-3H3,(H,17,18). The van der Waals surface area contributed by atoms with Crippen LogP contribution in [0, 0.1) is 5.41 Å². The molecule has 7 heteroatoms. The topological polar surface area (TPSA) is 77.9 Å². The van der Waals surface area contributed by atoms with Crippen LogP contribution < -0.4 is 4.90 Å². The first-order valence-corrected chi connectivity index (χ1v) is 8.12. The van der Waals surface area contributed by atoms with Crippen molar-refractivity contribution in [3.8, 4) is 0 Å². The second kappa shape index (κ2) is 5.31. The van der Waals surface area contributed by atoms with E-state index in [9.17, 15) is 18.3 Å². The number of hydrogen-bond donors (Lipinski definition) is 1. The second-order valence-corrected chi connectivity index (χ2v) is 7.97. The van der Waals surface area contributed by atoms with E-state index in [1.54, 1.807) is 31.2 Å². The molecule has 1 saturated heterocycles. The quantitative estimate of drug-likeness (QED) is 0.905. The number of benzene rings is 1. The van der Waals surface area contributed by atoms with E-state index in [0.717, 1.165) is 5.69 Å². The molecule has 2 rings (SSSR count). The summed E-state index contributed by atoms with van der Waals surface area (Å²) in [6.07, 6.45) is 0.583. The molecular weight excluding hydrogens is 292 g/mol. The SMILES string of the molecule is CN(C)S(=O)(=O)c1ccc(N2CCC(C)(C(=O)O)C2)cc1. The lowest BCUT2D eigenvalue weighted by Crippen LogP contribution is -2.31. The first kappa shape index (κ1) is 15.8. The Morgan fingerprint density at radius 3 is 2.29 bits per heavy atom. The van der Waals surface area contributed by atoms with Gasteiger partial charge in [-0.25, -0.2) is 12.7 Å². The minimum Gasteiger partial charge on any atom is -0.481 e. The lowest BCUT2D eigenvalue weighted by Gasteiger charge is -2.22. The van der Waals surface area contributed by atoms with E-state index < -0.39 is 21.4 Å². The number of sulfonamides is 1. The summed E-state index contributed by atoms with van der Waals surface area (Å²) in [7, 11) is -0.457. The molecule has 1 unspecified atom stereocenters. The number of carboxylic acid groups (broad SMARTS) is 1. The van der Waals surface area contributed by atoms with Gasteiger partial charge in [0.15, 0.2) is 0 Å². The minimum atomic E-state index is -3.43. The van der Waals surface area contributed by atoms with Gasteiger partial charge in [0.2, 0.25) is 10.0 Å². The maximum absolute atomic E-state index is 12.0. The molecule has 0 aliphatic carbocycles. The van der Waals surface area contributed by atoms with Crippen LogP contribution in [-0.2, 0) is 14.8 Å². The Labute approximate surface area is 125 Å². The number of hydrogen-bond acceptors (Lipinski definition) is 4. The van der Waals surface area contributed by atoms with Gasteiger partial charge >= 0.3 is 5.97 Å². The Bertz CT molecular complexity index is 639. The first-order chi connectivity index (χ1) is 9.67. The van der Waals surface area contributed by atoms with Crippen molar-refractivity contribution in [1.29, 1.82) is 0 Å². The number of rotatable bonds is 4. The molecule has 1 fully saturated rings. The van der Waals surface area contributed by atoms with Gasteiger partial charge < -0.3 is 10.0 Å². The summed E-state index contributed by atoms with van der Waals surface area (Å²) in [5, 5.41) is 9.24. The Balaban J connectivity index is 2.20. The van der Waals surface area contributed by atoms with Gasteiger partial charge in [-0.1, -0.05) is 0 Å². The van der Waals surface area contributed by atoms with Crippen molar-refractivity contribution in [2.45, 2.75) is 18.2 Å². The summed E-state index contributed by atoms with van der Waals surface area (Å²) in [6, 6.07) is 6.57. The van der Waals surface area contributed by atoms with Crippen LogP contribution in [0.25, 0.3) is 0 Å². The van der Waals surface area contributed by atoms with Crippen molar-refractivity contribution in [1.82, 2.24) is 4.31 Å². The van der Waals surface area contributed by atoms with Crippen LogP contribution in [0.3, 0.4) is 0 Å². The van der Waals surface area contributed by atoms with Crippen molar-refractivity contribution in [2.75, 3.05) is 32.1 Å². The van der Waals surface area contributed by atoms with Gasteiger partial charge in [0.1, 0.15) is 0 Å². The third-order valence-corrected chi connectivity index (χ3v) is 5.80. The number of nitrogens with zero attached hydrogens (tertiary/aromatic N) is 2. The highest BCUT2D eigenvalue weighted by molar-refractivity contribution is 7.89. The monoisotopic (exact) mass is 312 g/mol. The fourth-order valence-corrected chi connectivity index (χ4v) is 3.30. The largest absolute Gasteiger partial charge is 0.481 e. The van der Waals surface area contributed by atoms with Gasteiger partial charge in [-0.3, -0.25) is 4.79 Å². The van der Waals surface area contributed by atoms with Crippen LogP contribution in [0.1, 0.15) is 13.3 Å². The van der Waals surface area contributed by atoms with Gasteiger partial charge in [-0.15, -0.1) is 0 Å². The fourth-order valence-electron chi connectivity index (χ4n) is 2.40. The zero-order valence-corrected chi connectivity index (χ0v) is 13.2. The molecule has 0 radical (unpaired) electrons. The average Bonchev–Trinajstić information content (AvgIpc) is 2.83. The first-order valence-electron chi connectivity index (χ1n) is 6.68. The van der Waals surface area contributed by atoms with Gasteiger partial charge in [-0.2, -0.15) is 0 Å². The van der Waals surface area contributed by atoms with Crippen molar-refractivity contribution in [3.63, 3.8) is 0 Å². The number of carbonyl (C=O) groups is 1. The molecule has 1 N–H and O–H groups in total. The summed E-state index contributed by atoms with van der Waals surface area (Å²) < 4.78 is 25.1. The molecule has 1 heterocycles. The summed E-state index contributed by atoms with van der Waals surface area (Å²) in [5.41, 5.74) is 0.103. The smallest absolute Gasteiger partial charge is 0.311 e. The summed E-state index contributed by atoms with van der Waals surface area (Å²) in [6.45, 7) is 2.82. The molecule has 21 heavy (non-hydrogen) atoms. The molecule has 0 amide bonds. The second-order valence-electron chi connectivity index (χ2n) is 5.82. The fraction of sp³-hybridized carbons (Fsp3) is 0.500. The van der Waals surface area contributed by atoms with Crippen molar-refractivity contribution < 1.29 is 18.3 Å². The molecule has 1 aromatic rings. The number of aliphatic carboxylic acids is 1. The van der Waals surface area contributed by atoms with Crippen LogP contribution in [0.5, 0.6) is 0 Å². The van der Waals surface area contributed by atoms with Gasteiger partial charge in [0.25, 0.3) is 0 Å². The van der Waals surface area contributed by atoms with Crippen LogP contribution in [0.4, 0.5) is 5.69 Å². The molecule has 0 spiro atoms. The highest BCUT2D eigenvalue weighted by Gasteiger charge is 2.40. The van der Waals surface area contributed by atoms with Crippen LogP contribution in [0.2, 0.25) is 0 Å². The predicted octanol–water partition coefficient (Wildman–Crippen LogP) is 1.24. The number of carboxylic acids is 1.